The minimum absolute atomic E-state index is 0. The van der Waals surface area contributed by atoms with Crippen molar-refractivity contribution < 1.29 is 46.0 Å². The number of hydrogen-bond acceptors (Lipinski definition) is 4. The Bertz CT molecular complexity index is 30.7. The largest absolute Gasteiger partial charge is 2.00 e. The van der Waals surface area contributed by atoms with Crippen molar-refractivity contribution in [3.05, 3.63) is 0 Å². The van der Waals surface area contributed by atoms with Crippen LogP contribution in [0.2, 0.25) is 0 Å². The van der Waals surface area contributed by atoms with Gasteiger partial charge in [0.25, 0.3) is 0 Å². The molecule has 0 aromatic rings. The molecule has 4 nitrogen and oxygen atoms in total. The summed E-state index contributed by atoms with van der Waals surface area (Å²) < 4.78 is 0. The van der Waals surface area contributed by atoms with Crippen LogP contribution in [0.15, 0.2) is 0 Å². The van der Waals surface area contributed by atoms with Gasteiger partial charge in [-0.25, -0.2) is 0 Å². The molecule has 5 heteroatoms. The fraction of sp³-hybridized carbons (Fsp3) is 0. The van der Waals surface area contributed by atoms with Crippen molar-refractivity contribution in [3.63, 3.8) is 0 Å². The van der Waals surface area contributed by atoms with Crippen molar-refractivity contribution in [1.29, 1.82) is 0 Å². The molecule has 0 heterocycles. The predicted octanol–water partition coefficient (Wildman–Crippen LogP) is -3.27. The summed E-state index contributed by atoms with van der Waals surface area (Å²) in [6, 6.07) is 0. The first-order valence-corrected chi connectivity index (χ1v) is 0.943. The summed E-state index contributed by atoms with van der Waals surface area (Å²) in [5.74, 6) is 0. The minimum atomic E-state index is -0.500. The molecule has 0 amide bonds. The average molecular weight is 181 g/mol. The molecule has 0 N–H and O–H groups in total. The molecule has 0 spiro atoms. The number of rotatable bonds is 0. The topological polar surface area (TPSA) is 80.3 Å². The summed E-state index contributed by atoms with van der Waals surface area (Å²) in [5, 5.41) is 16.5. The molecular formula is C2H2O4Zr. The molecule has 7 heavy (non-hydrogen) atoms. The smallest absolute Gasteiger partial charge is 0.554 e. The maximum Gasteiger partial charge on any atom is 2.00 e. The van der Waals surface area contributed by atoms with Crippen molar-refractivity contribution in [2.75, 3.05) is 0 Å². The Labute approximate surface area is 59.3 Å². The van der Waals surface area contributed by atoms with Gasteiger partial charge in [-0.1, -0.05) is 0 Å². The van der Waals surface area contributed by atoms with Gasteiger partial charge in [0.05, 0.1) is 0 Å². The van der Waals surface area contributed by atoms with Crippen LogP contribution in [0.1, 0.15) is 0 Å². The zero-order valence-corrected chi connectivity index (χ0v) is 5.75. The summed E-state index contributed by atoms with van der Waals surface area (Å²) >= 11 is 0. The Balaban J connectivity index is -0.0000000400. The van der Waals surface area contributed by atoms with Gasteiger partial charge in [0.15, 0.2) is 0 Å². The Morgan fingerprint density at radius 3 is 1.00 bits per heavy atom. The maximum absolute atomic E-state index is 8.25. The van der Waals surface area contributed by atoms with Gasteiger partial charge in [-0.15, -0.1) is 0 Å². The zero-order valence-electron chi connectivity index (χ0n) is 3.29. The number of carbonyl (C=O) groups is 2. The van der Waals surface area contributed by atoms with Crippen LogP contribution in [-0.4, -0.2) is 12.9 Å². The third-order valence-corrected chi connectivity index (χ3v) is 0. The van der Waals surface area contributed by atoms with E-state index in [0.29, 0.717) is 0 Å². The fourth-order valence-electron chi connectivity index (χ4n) is 0. The van der Waals surface area contributed by atoms with Gasteiger partial charge >= 0.3 is 26.2 Å². The molecule has 0 saturated heterocycles. The molecule has 0 rings (SSSR count). The van der Waals surface area contributed by atoms with Crippen molar-refractivity contribution in [2.45, 2.75) is 0 Å². The second-order valence-electron chi connectivity index (χ2n) is 0.192. The van der Waals surface area contributed by atoms with E-state index in [9.17, 15) is 0 Å². The molecule has 0 atom stereocenters. The molecule has 0 bridgehead atoms. The molecule has 0 unspecified atom stereocenters. The van der Waals surface area contributed by atoms with Crippen molar-refractivity contribution >= 4 is 12.9 Å². The summed E-state index contributed by atoms with van der Waals surface area (Å²) in [6.07, 6.45) is 0. The first-order valence-electron chi connectivity index (χ1n) is 0.943. The molecule has 0 aliphatic rings. The SMILES string of the molecule is O=C[O-].O=C[O-].[Zr+2]. The van der Waals surface area contributed by atoms with Gasteiger partial charge in [0.2, 0.25) is 0 Å². The standard InChI is InChI=1S/2CH2O2.Zr/c2*2-1-3;/h2*1H,(H,2,3);/q;;+2/p-2. The summed E-state index contributed by atoms with van der Waals surface area (Å²) in [7, 11) is 0. The van der Waals surface area contributed by atoms with E-state index in [2.05, 4.69) is 0 Å². The van der Waals surface area contributed by atoms with Crippen LogP contribution in [-0.2, 0) is 35.8 Å². The second-order valence-corrected chi connectivity index (χ2v) is 0.192. The maximum atomic E-state index is 8.25. The van der Waals surface area contributed by atoms with Gasteiger partial charge in [-0.05, 0) is 0 Å². The van der Waals surface area contributed by atoms with Crippen LogP contribution >= 0.6 is 0 Å². The van der Waals surface area contributed by atoms with Crippen LogP contribution in [0.5, 0.6) is 0 Å². The van der Waals surface area contributed by atoms with Crippen LogP contribution < -0.4 is 10.2 Å². The van der Waals surface area contributed by atoms with E-state index in [-0.39, 0.29) is 26.2 Å². The minimum Gasteiger partial charge on any atom is -0.554 e. The van der Waals surface area contributed by atoms with Crippen LogP contribution in [0, 0.1) is 0 Å². The quantitative estimate of drug-likeness (QED) is 0.367. The van der Waals surface area contributed by atoms with Gasteiger partial charge in [-0.3, -0.25) is 0 Å². The molecule has 0 aromatic heterocycles. The Morgan fingerprint density at radius 2 is 1.00 bits per heavy atom. The van der Waals surface area contributed by atoms with Gasteiger partial charge in [0, 0.05) is 12.9 Å². The molecule has 0 radical (unpaired) electrons. The van der Waals surface area contributed by atoms with Crippen molar-refractivity contribution in [2.24, 2.45) is 0 Å². The van der Waals surface area contributed by atoms with E-state index >= 15 is 0 Å². The van der Waals surface area contributed by atoms with Crippen LogP contribution in [0.25, 0.3) is 0 Å². The van der Waals surface area contributed by atoms with Crippen molar-refractivity contribution in [3.8, 4) is 0 Å². The summed E-state index contributed by atoms with van der Waals surface area (Å²) in [6.45, 7) is -1.00. The summed E-state index contributed by atoms with van der Waals surface area (Å²) in [4.78, 5) is 16.5. The van der Waals surface area contributed by atoms with Crippen LogP contribution in [0.3, 0.4) is 0 Å². The predicted molar refractivity (Wildman–Crippen MR) is 12.1 cm³/mol. The van der Waals surface area contributed by atoms with Gasteiger partial charge in [0.1, 0.15) is 0 Å². The first kappa shape index (κ1) is 15.8. The first-order chi connectivity index (χ1) is 2.83. The van der Waals surface area contributed by atoms with E-state index in [1.807, 2.05) is 0 Å². The molecular weight excluding hydrogens is 179 g/mol. The molecule has 0 aromatic carbocycles. The fourth-order valence-corrected chi connectivity index (χ4v) is 0. The second kappa shape index (κ2) is 40.8. The van der Waals surface area contributed by atoms with E-state index in [1.165, 1.54) is 0 Å². The summed E-state index contributed by atoms with van der Waals surface area (Å²) in [5.41, 5.74) is 0. The third kappa shape index (κ3) is 2720. The monoisotopic (exact) mass is 180 g/mol. The normalized spacial score (nSPS) is 3.43. The van der Waals surface area contributed by atoms with E-state index in [4.69, 9.17) is 19.8 Å². The van der Waals surface area contributed by atoms with Crippen molar-refractivity contribution in [1.82, 2.24) is 0 Å². The zero-order chi connectivity index (χ0) is 5.41. The van der Waals surface area contributed by atoms with E-state index in [1.54, 1.807) is 0 Å². The Kier molecular flexibility index (Phi) is 92.2. The Morgan fingerprint density at radius 1 is 1.00 bits per heavy atom. The number of carbonyl (C=O) groups excluding carboxylic acids is 2. The van der Waals surface area contributed by atoms with Crippen LogP contribution in [0.4, 0.5) is 0 Å². The average Bonchev–Trinajstić information content (AvgIpc) is 1.39. The van der Waals surface area contributed by atoms with Gasteiger partial charge < -0.3 is 19.8 Å². The third-order valence-electron chi connectivity index (χ3n) is 0. The number of carboxylic acid groups (broad SMARTS) is 2. The molecule has 0 aliphatic carbocycles. The molecule has 0 fully saturated rings. The molecule has 0 saturated carbocycles. The molecule has 0 aliphatic heterocycles. The van der Waals surface area contributed by atoms with Gasteiger partial charge in [-0.2, -0.15) is 0 Å². The molecule has 38 valence electrons. The van der Waals surface area contributed by atoms with E-state index < -0.39 is 12.9 Å². The van der Waals surface area contributed by atoms with E-state index in [0.717, 1.165) is 0 Å². The Hall–Kier alpha value is -0.177. The number of hydrogen-bond donors (Lipinski definition) is 0.